The summed E-state index contributed by atoms with van der Waals surface area (Å²) >= 11 is 0. The van der Waals surface area contributed by atoms with Crippen molar-refractivity contribution in [2.75, 3.05) is 25.0 Å². The number of fused-ring (bicyclic) bond motifs is 1. The van der Waals surface area contributed by atoms with Gasteiger partial charge in [-0.15, -0.1) is 0 Å². The van der Waals surface area contributed by atoms with Crippen LogP contribution in [0.1, 0.15) is 53.1 Å². The molecule has 7 heteroatoms. The van der Waals surface area contributed by atoms with E-state index in [4.69, 9.17) is 4.74 Å². The molecule has 7 nitrogen and oxygen atoms in total. The lowest BCUT2D eigenvalue weighted by Crippen LogP contribution is -2.38. The van der Waals surface area contributed by atoms with Gasteiger partial charge in [0.15, 0.2) is 5.65 Å². The first-order valence-electron chi connectivity index (χ1n) is 11.1. The van der Waals surface area contributed by atoms with E-state index >= 15 is 0 Å². The highest BCUT2D eigenvalue weighted by atomic mass is 16.5. The fourth-order valence-electron chi connectivity index (χ4n) is 3.93. The molecular weight excluding hydrogens is 404 g/mol. The van der Waals surface area contributed by atoms with Crippen LogP contribution >= 0.6 is 0 Å². The Balaban J connectivity index is 1.75. The Morgan fingerprint density at radius 2 is 1.97 bits per heavy atom. The average molecular weight is 433 g/mol. The molecule has 1 N–H and O–H groups in total. The lowest BCUT2D eigenvalue weighted by Gasteiger charge is -2.31. The van der Waals surface area contributed by atoms with Crippen LogP contribution in [0.4, 0.5) is 11.4 Å². The topological polar surface area (TPSA) is 84.4 Å². The van der Waals surface area contributed by atoms with Gasteiger partial charge >= 0.3 is 5.97 Å². The maximum atomic E-state index is 13.4. The molecule has 1 fully saturated rings. The number of nitrogens with one attached hydrogen (secondary N) is 1. The van der Waals surface area contributed by atoms with Crippen LogP contribution in [-0.2, 0) is 4.74 Å². The van der Waals surface area contributed by atoms with Crippen molar-refractivity contribution in [1.29, 1.82) is 0 Å². The van der Waals surface area contributed by atoms with Gasteiger partial charge in [-0.2, -0.15) is 0 Å². The summed E-state index contributed by atoms with van der Waals surface area (Å²) in [4.78, 5) is 36.5. The number of likely N-dealkylation sites (tertiary alicyclic amines) is 1. The normalized spacial score (nSPS) is 14.4. The van der Waals surface area contributed by atoms with Crippen molar-refractivity contribution in [3.63, 3.8) is 0 Å². The van der Waals surface area contributed by atoms with Gasteiger partial charge in [0, 0.05) is 36.1 Å². The van der Waals surface area contributed by atoms with Crippen LogP contribution < -0.4 is 5.32 Å². The number of esters is 1. The van der Waals surface area contributed by atoms with Crippen molar-refractivity contribution < 1.29 is 14.3 Å². The van der Waals surface area contributed by atoms with E-state index in [1.54, 1.807) is 31.3 Å². The van der Waals surface area contributed by atoms with Gasteiger partial charge in [-0.3, -0.25) is 4.79 Å². The van der Waals surface area contributed by atoms with Crippen LogP contribution in [0.2, 0.25) is 0 Å². The highest BCUT2D eigenvalue weighted by Gasteiger charge is 2.25. The first-order chi connectivity index (χ1) is 15.5. The third-order valence-electron chi connectivity index (χ3n) is 5.81. The second kappa shape index (κ2) is 9.34. The summed E-state index contributed by atoms with van der Waals surface area (Å²) in [6.45, 7) is 7.69. The Labute approximate surface area is 187 Å². The number of aryl methyl sites for hydroxylation is 1. The molecule has 0 saturated carbocycles. The van der Waals surface area contributed by atoms with Crippen molar-refractivity contribution in [3.05, 3.63) is 59.4 Å². The summed E-state index contributed by atoms with van der Waals surface area (Å²) in [6, 6.07) is 10.9. The van der Waals surface area contributed by atoms with Crippen LogP contribution in [0.25, 0.3) is 11.0 Å². The van der Waals surface area contributed by atoms with Crippen molar-refractivity contribution in [1.82, 2.24) is 14.9 Å². The third-order valence-corrected chi connectivity index (χ3v) is 5.81. The van der Waals surface area contributed by atoms with Crippen molar-refractivity contribution in [2.45, 2.75) is 33.6 Å². The van der Waals surface area contributed by atoms with Gasteiger partial charge in [-0.1, -0.05) is 13.0 Å². The number of rotatable bonds is 5. The molecule has 4 rings (SSSR count). The molecule has 1 saturated heterocycles. The number of pyridine rings is 2. The summed E-state index contributed by atoms with van der Waals surface area (Å²) in [6.07, 6.45) is 3.60. The molecule has 0 aliphatic carbocycles. The van der Waals surface area contributed by atoms with Gasteiger partial charge in [0.25, 0.3) is 5.91 Å². The molecule has 1 aromatic carbocycles. The predicted octanol–water partition coefficient (Wildman–Crippen LogP) is 4.73. The maximum Gasteiger partial charge on any atom is 0.338 e. The zero-order valence-electron chi connectivity index (χ0n) is 18.7. The molecule has 1 amide bonds. The van der Waals surface area contributed by atoms with Crippen LogP contribution in [0.15, 0.2) is 42.6 Å². The lowest BCUT2D eigenvalue weighted by molar-refractivity contribution is 0.0526. The fraction of sp³-hybridized carbons (Fsp3) is 0.360. The lowest BCUT2D eigenvalue weighted by atomic mass is 9.98. The van der Waals surface area contributed by atoms with Crippen LogP contribution in [0.5, 0.6) is 0 Å². The number of carbonyl (C=O) groups excluding carboxylic acids is 2. The smallest absolute Gasteiger partial charge is 0.338 e. The second-order valence-corrected chi connectivity index (χ2v) is 8.27. The van der Waals surface area contributed by atoms with Gasteiger partial charge in [0.05, 0.1) is 23.4 Å². The minimum atomic E-state index is -0.383. The first kappa shape index (κ1) is 21.7. The molecule has 32 heavy (non-hydrogen) atoms. The molecule has 0 unspecified atom stereocenters. The van der Waals surface area contributed by atoms with Gasteiger partial charge in [0.2, 0.25) is 0 Å². The van der Waals surface area contributed by atoms with Gasteiger partial charge in [-0.05, 0) is 62.9 Å². The molecule has 3 heterocycles. The average Bonchev–Trinajstić information content (AvgIpc) is 2.79. The highest BCUT2D eigenvalue weighted by Crippen LogP contribution is 2.31. The number of benzene rings is 1. The number of aromatic nitrogens is 2. The molecule has 0 atom stereocenters. The van der Waals surface area contributed by atoms with Crippen LogP contribution in [0, 0.1) is 12.8 Å². The van der Waals surface area contributed by atoms with E-state index in [2.05, 4.69) is 22.2 Å². The first-order valence-corrected chi connectivity index (χ1v) is 11.1. The Morgan fingerprint density at radius 3 is 2.72 bits per heavy atom. The van der Waals surface area contributed by atoms with E-state index in [1.807, 2.05) is 30.0 Å². The number of ether oxygens (including phenoxy) is 1. The number of nitrogens with zero attached hydrogens (tertiary/aromatic N) is 3. The summed E-state index contributed by atoms with van der Waals surface area (Å²) in [5.74, 6) is 0.201. The quantitative estimate of drug-likeness (QED) is 0.587. The highest BCUT2D eigenvalue weighted by molar-refractivity contribution is 6.07. The van der Waals surface area contributed by atoms with Gasteiger partial charge < -0.3 is 15.0 Å². The number of piperidine rings is 1. The molecular formula is C25H28N4O3. The molecule has 0 spiro atoms. The number of hydrogen-bond donors (Lipinski definition) is 1. The van der Waals surface area contributed by atoms with Gasteiger partial charge in [0.1, 0.15) is 0 Å². The number of hydrogen-bond acceptors (Lipinski definition) is 6. The summed E-state index contributed by atoms with van der Waals surface area (Å²) in [7, 11) is 0. The third kappa shape index (κ3) is 4.56. The monoisotopic (exact) mass is 432 g/mol. The van der Waals surface area contributed by atoms with Crippen molar-refractivity contribution in [2.24, 2.45) is 5.92 Å². The van der Waals surface area contributed by atoms with Crippen molar-refractivity contribution >= 4 is 34.3 Å². The Bertz CT molecular complexity index is 1150. The molecule has 2 aromatic heterocycles. The minimum Gasteiger partial charge on any atom is -0.462 e. The predicted molar refractivity (Wildman–Crippen MR) is 124 cm³/mol. The number of carbonyl (C=O) groups is 2. The van der Waals surface area contributed by atoms with E-state index in [-0.39, 0.29) is 11.9 Å². The van der Waals surface area contributed by atoms with Gasteiger partial charge in [-0.25, -0.2) is 14.8 Å². The van der Waals surface area contributed by atoms with E-state index < -0.39 is 0 Å². The number of amides is 1. The fourth-order valence-corrected chi connectivity index (χ4v) is 3.93. The molecule has 0 radical (unpaired) electrons. The summed E-state index contributed by atoms with van der Waals surface area (Å²) in [5.41, 5.74) is 3.70. The Hall–Kier alpha value is -3.48. The second-order valence-electron chi connectivity index (χ2n) is 8.27. The van der Waals surface area contributed by atoms with Crippen molar-refractivity contribution in [3.8, 4) is 0 Å². The van der Waals surface area contributed by atoms with E-state index in [0.29, 0.717) is 40.7 Å². The van der Waals surface area contributed by atoms with E-state index in [9.17, 15) is 9.59 Å². The molecule has 1 aliphatic heterocycles. The molecule has 1 aliphatic rings. The van der Waals surface area contributed by atoms with Crippen LogP contribution in [0.3, 0.4) is 0 Å². The molecule has 0 bridgehead atoms. The zero-order valence-corrected chi connectivity index (χ0v) is 18.7. The number of anilines is 2. The van der Waals surface area contributed by atoms with E-state index in [0.717, 1.165) is 37.0 Å². The minimum absolute atomic E-state index is 0.0454. The molecule has 3 aromatic rings. The summed E-state index contributed by atoms with van der Waals surface area (Å²) < 4.78 is 5.12. The Morgan fingerprint density at radius 1 is 1.19 bits per heavy atom. The van der Waals surface area contributed by atoms with Crippen LogP contribution in [-0.4, -0.2) is 46.4 Å². The molecule has 166 valence electrons. The zero-order chi connectivity index (χ0) is 22.7. The standard InChI is InChI=1S/C25H28N4O3/c1-4-32-25(31)18-6-5-7-19(14-18)28-22-20-9-8-17(3)27-23(20)26-15-21(22)24(30)29-12-10-16(2)11-13-29/h5-9,14-16H,4,10-13H2,1-3H3,(H,26,27,28). The maximum absolute atomic E-state index is 13.4. The summed E-state index contributed by atoms with van der Waals surface area (Å²) in [5, 5.41) is 4.12. The van der Waals surface area contributed by atoms with E-state index in [1.165, 1.54) is 0 Å². The Kier molecular flexibility index (Phi) is 6.35. The largest absolute Gasteiger partial charge is 0.462 e. The SMILES string of the molecule is CCOC(=O)c1cccc(Nc2c(C(=O)N3CCC(C)CC3)cnc3nc(C)ccc23)c1.